The molecule has 9 nitrogen and oxygen atoms in total. The molecule has 0 saturated carbocycles. The van der Waals surface area contributed by atoms with Crippen LogP contribution < -0.4 is 4.74 Å². The molecule has 1 aliphatic rings. The van der Waals surface area contributed by atoms with Crippen LogP contribution in [0.5, 0.6) is 5.75 Å². The first-order chi connectivity index (χ1) is 16.4. The maximum atomic E-state index is 14.1. The van der Waals surface area contributed by atoms with Gasteiger partial charge >= 0.3 is 0 Å². The highest BCUT2D eigenvalue weighted by Crippen LogP contribution is 2.41. The van der Waals surface area contributed by atoms with Crippen LogP contribution in [0, 0.1) is 11.6 Å². The number of aryl methyl sites for hydroxylation is 1. The molecule has 0 saturated heterocycles. The molecule has 0 radical (unpaired) electrons. The molecule has 0 unspecified atom stereocenters. The van der Waals surface area contributed by atoms with Gasteiger partial charge in [0.15, 0.2) is 5.82 Å². The van der Waals surface area contributed by atoms with Gasteiger partial charge in [-0.25, -0.2) is 8.78 Å². The Balaban J connectivity index is 1.51. The SMILES string of the molecule is COc1ccc2c(c1)[C@H](c1cnn(C)c1)CN(C(=O)c1nnn(-c3ccc(F)cc3F)n1)[C@@H]2C. The third-order valence-corrected chi connectivity index (χ3v) is 6.08. The van der Waals surface area contributed by atoms with E-state index < -0.39 is 17.5 Å². The van der Waals surface area contributed by atoms with Gasteiger partial charge in [0.25, 0.3) is 11.7 Å². The molecule has 174 valence electrons. The van der Waals surface area contributed by atoms with Crippen molar-refractivity contribution in [3.05, 3.63) is 82.9 Å². The van der Waals surface area contributed by atoms with Gasteiger partial charge in [0.2, 0.25) is 0 Å². The number of amides is 1. The molecule has 34 heavy (non-hydrogen) atoms. The van der Waals surface area contributed by atoms with Crippen LogP contribution in [0.4, 0.5) is 8.78 Å². The number of tetrazole rings is 1. The Morgan fingerprint density at radius 2 is 1.97 bits per heavy atom. The summed E-state index contributed by atoms with van der Waals surface area (Å²) in [6.45, 7) is 2.28. The maximum absolute atomic E-state index is 14.1. The number of ether oxygens (including phenoxy) is 1. The van der Waals surface area contributed by atoms with Crippen molar-refractivity contribution in [3.63, 3.8) is 0 Å². The maximum Gasteiger partial charge on any atom is 0.296 e. The Morgan fingerprint density at radius 3 is 2.68 bits per heavy atom. The molecule has 3 heterocycles. The summed E-state index contributed by atoms with van der Waals surface area (Å²) in [4.78, 5) is 16.0. The zero-order valence-corrected chi connectivity index (χ0v) is 18.7. The smallest absolute Gasteiger partial charge is 0.296 e. The van der Waals surface area contributed by atoms with Crippen molar-refractivity contribution in [1.82, 2.24) is 34.9 Å². The van der Waals surface area contributed by atoms with Crippen molar-refractivity contribution < 1.29 is 18.3 Å². The van der Waals surface area contributed by atoms with E-state index in [2.05, 4.69) is 20.5 Å². The molecule has 0 spiro atoms. The quantitative estimate of drug-likeness (QED) is 0.460. The zero-order chi connectivity index (χ0) is 24.0. The van der Waals surface area contributed by atoms with Gasteiger partial charge in [-0.3, -0.25) is 9.48 Å². The lowest BCUT2D eigenvalue weighted by atomic mass is 9.82. The van der Waals surface area contributed by atoms with Crippen molar-refractivity contribution in [1.29, 1.82) is 0 Å². The number of hydrogen-bond donors (Lipinski definition) is 0. The van der Waals surface area contributed by atoms with Crippen LogP contribution >= 0.6 is 0 Å². The van der Waals surface area contributed by atoms with E-state index in [0.717, 1.165) is 39.4 Å². The molecule has 0 bridgehead atoms. The average Bonchev–Trinajstić information content (AvgIpc) is 3.48. The van der Waals surface area contributed by atoms with E-state index in [4.69, 9.17) is 4.74 Å². The number of halogens is 2. The highest BCUT2D eigenvalue weighted by Gasteiger charge is 2.37. The number of carbonyl (C=O) groups is 1. The fourth-order valence-corrected chi connectivity index (χ4v) is 4.32. The number of nitrogens with zero attached hydrogens (tertiary/aromatic N) is 7. The number of methoxy groups -OCH3 is 1. The molecule has 0 N–H and O–H groups in total. The van der Waals surface area contributed by atoms with Crippen molar-refractivity contribution >= 4 is 5.91 Å². The molecule has 2 aromatic heterocycles. The van der Waals surface area contributed by atoms with E-state index >= 15 is 0 Å². The van der Waals surface area contributed by atoms with Gasteiger partial charge < -0.3 is 9.64 Å². The summed E-state index contributed by atoms with van der Waals surface area (Å²) >= 11 is 0. The van der Waals surface area contributed by atoms with Crippen molar-refractivity contribution in [2.75, 3.05) is 13.7 Å². The van der Waals surface area contributed by atoms with Crippen LogP contribution in [0.2, 0.25) is 0 Å². The summed E-state index contributed by atoms with van der Waals surface area (Å²) in [5, 5.41) is 16.0. The van der Waals surface area contributed by atoms with Crippen molar-refractivity contribution in [2.45, 2.75) is 18.9 Å². The predicted molar refractivity (Wildman–Crippen MR) is 117 cm³/mol. The third-order valence-electron chi connectivity index (χ3n) is 6.08. The minimum atomic E-state index is -0.859. The van der Waals surface area contributed by atoms with E-state index in [-0.39, 0.29) is 23.5 Å². The number of fused-ring (bicyclic) bond motifs is 1. The topological polar surface area (TPSA) is 91.0 Å². The first kappa shape index (κ1) is 21.7. The minimum absolute atomic E-state index is 0.106. The second-order valence-electron chi connectivity index (χ2n) is 8.13. The van der Waals surface area contributed by atoms with E-state index in [9.17, 15) is 13.6 Å². The van der Waals surface area contributed by atoms with Gasteiger partial charge in [0, 0.05) is 31.8 Å². The highest BCUT2D eigenvalue weighted by molar-refractivity contribution is 5.91. The number of benzene rings is 2. The molecular weight excluding hydrogens is 444 g/mol. The van der Waals surface area contributed by atoms with E-state index in [1.807, 2.05) is 38.4 Å². The Hall–Kier alpha value is -4.15. The lowest BCUT2D eigenvalue weighted by Crippen LogP contribution is -2.41. The number of rotatable bonds is 4. The minimum Gasteiger partial charge on any atom is -0.497 e. The van der Waals surface area contributed by atoms with Crippen LogP contribution in [0.15, 0.2) is 48.8 Å². The molecular formula is C23H21F2N7O2. The Bertz CT molecular complexity index is 1380. The standard InChI is InChI=1S/C23H21F2N7O2/c1-13-17-6-5-16(34-3)9-18(17)19(14-10-26-30(2)11-14)12-31(13)23(33)22-27-29-32(28-22)21-7-4-15(24)8-20(21)25/h4-11,13,19H,12H2,1-3H3/t13-,19+/m1/s1. The van der Waals surface area contributed by atoms with Gasteiger partial charge in [0.1, 0.15) is 17.3 Å². The largest absolute Gasteiger partial charge is 0.497 e. The molecule has 4 aromatic rings. The summed E-state index contributed by atoms with van der Waals surface area (Å²) in [5.74, 6) is -1.64. The first-order valence-corrected chi connectivity index (χ1v) is 10.6. The zero-order valence-electron chi connectivity index (χ0n) is 18.7. The second-order valence-corrected chi connectivity index (χ2v) is 8.13. The Labute approximate surface area is 193 Å². The molecule has 1 aliphatic heterocycles. The predicted octanol–water partition coefficient (Wildman–Crippen LogP) is 3.03. The molecule has 11 heteroatoms. The number of carbonyl (C=O) groups excluding carboxylic acids is 1. The molecule has 1 amide bonds. The van der Waals surface area contributed by atoms with Crippen LogP contribution in [0.1, 0.15) is 46.2 Å². The van der Waals surface area contributed by atoms with Gasteiger partial charge in [-0.2, -0.15) is 5.10 Å². The van der Waals surface area contributed by atoms with Gasteiger partial charge in [0.05, 0.1) is 19.3 Å². The summed E-state index contributed by atoms with van der Waals surface area (Å²) in [5.41, 5.74) is 2.86. The van der Waals surface area contributed by atoms with E-state index in [1.54, 1.807) is 22.9 Å². The fourth-order valence-electron chi connectivity index (χ4n) is 4.32. The first-order valence-electron chi connectivity index (χ1n) is 10.6. The van der Waals surface area contributed by atoms with Crippen LogP contribution in [-0.4, -0.2) is 54.4 Å². The van der Waals surface area contributed by atoms with E-state index in [1.165, 1.54) is 6.07 Å². The molecule has 5 rings (SSSR count). The third kappa shape index (κ3) is 3.68. The number of aromatic nitrogens is 6. The lowest BCUT2D eigenvalue weighted by molar-refractivity contribution is 0.0652. The van der Waals surface area contributed by atoms with Crippen molar-refractivity contribution in [3.8, 4) is 11.4 Å². The summed E-state index contributed by atoms with van der Waals surface area (Å²) in [6, 6.07) is 8.49. The lowest BCUT2D eigenvalue weighted by Gasteiger charge is -2.39. The fraction of sp³-hybridized carbons (Fsp3) is 0.261. The Kier molecular flexibility index (Phi) is 5.31. The highest BCUT2D eigenvalue weighted by atomic mass is 19.1. The summed E-state index contributed by atoms with van der Waals surface area (Å²) < 4.78 is 34.5. The van der Waals surface area contributed by atoms with E-state index in [0.29, 0.717) is 6.54 Å². The van der Waals surface area contributed by atoms with Gasteiger partial charge in [-0.1, -0.05) is 6.07 Å². The second kappa shape index (κ2) is 8.32. The summed E-state index contributed by atoms with van der Waals surface area (Å²) in [6.07, 6.45) is 3.69. The molecule has 0 aliphatic carbocycles. The average molecular weight is 465 g/mol. The monoisotopic (exact) mass is 465 g/mol. The van der Waals surface area contributed by atoms with Crippen LogP contribution in [-0.2, 0) is 7.05 Å². The molecule has 2 atom stereocenters. The molecule has 2 aromatic carbocycles. The van der Waals surface area contributed by atoms with Gasteiger partial charge in [-0.15, -0.1) is 15.0 Å². The number of hydrogen-bond acceptors (Lipinski definition) is 6. The van der Waals surface area contributed by atoms with Crippen LogP contribution in [0.3, 0.4) is 0 Å². The van der Waals surface area contributed by atoms with Gasteiger partial charge in [-0.05, 0) is 53.1 Å². The van der Waals surface area contributed by atoms with Crippen LogP contribution in [0.25, 0.3) is 5.69 Å². The normalized spacial score (nSPS) is 17.5. The molecule has 0 fully saturated rings. The Morgan fingerprint density at radius 1 is 1.15 bits per heavy atom. The van der Waals surface area contributed by atoms with Crippen molar-refractivity contribution in [2.24, 2.45) is 7.05 Å². The summed E-state index contributed by atoms with van der Waals surface area (Å²) in [7, 11) is 3.45.